The van der Waals surface area contributed by atoms with Crippen LogP contribution in [-0.2, 0) is 0 Å². The van der Waals surface area contributed by atoms with Gasteiger partial charge in [-0.25, -0.2) is 15.0 Å². The van der Waals surface area contributed by atoms with Crippen molar-refractivity contribution in [2.24, 2.45) is 0 Å². The molecule has 8 rings (SSSR count). The normalized spacial score (nSPS) is 11.6. The number of rotatable bonds is 3. The van der Waals surface area contributed by atoms with Gasteiger partial charge in [0.15, 0.2) is 11.4 Å². The molecule has 8 aromatic rings. The lowest BCUT2D eigenvalue weighted by Gasteiger charge is -2.11. The van der Waals surface area contributed by atoms with Gasteiger partial charge in [0.05, 0.1) is 16.9 Å². The fourth-order valence-electron chi connectivity index (χ4n) is 5.31. The van der Waals surface area contributed by atoms with Gasteiger partial charge in [-0.2, -0.15) is 0 Å². The van der Waals surface area contributed by atoms with Gasteiger partial charge in [0.25, 0.3) is 0 Å². The molecule has 0 bridgehead atoms. The minimum Gasteiger partial charge on any atom is -0.452 e. The quantitative estimate of drug-likeness (QED) is 0.228. The third-order valence-electron chi connectivity index (χ3n) is 7.14. The molecule has 4 aromatic carbocycles. The third-order valence-corrected chi connectivity index (χ3v) is 7.14. The number of furan rings is 1. The van der Waals surface area contributed by atoms with Crippen LogP contribution in [0.5, 0.6) is 0 Å². The first-order chi connectivity index (χ1) is 19.3. The summed E-state index contributed by atoms with van der Waals surface area (Å²) in [7, 11) is 0. The molecule has 39 heavy (non-hydrogen) atoms. The zero-order valence-corrected chi connectivity index (χ0v) is 20.7. The summed E-state index contributed by atoms with van der Waals surface area (Å²) in [6.45, 7) is 0. The zero-order chi connectivity index (χ0) is 25.8. The SMILES string of the molecule is c1ccc(-c2nc(-c3ccnc(-c4nc5ccccc5c5ccccc45)c3)c3oc4ccccc4c3n2)cc1. The molecule has 0 atom stereocenters. The Hall–Kier alpha value is -5.42. The van der Waals surface area contributed by atoms with Gasteiger partial charge < -0.3 is 4.42 Å². The van der Waals surface area contributed by atoms with Gasteiger partial charge in [-0.15, -0.1) is 0 Å². The largest absolute Gasteiger partial charge is 0.452 e. The van der Waals surface area contributed by atoms with E-state index < -0.39 is 0 Å². The summed E-state index contributed by atoms with van der Waals surface area (Å²) in [5.41, 5.74) is 7.35. The van der Waals surface area contributed by atoms with Crippen molar-refractivity contribution in [1.29, 1.82) is 0 Å². The molecule has 4 heterocycles. The predicted molar refractivity (Wildman–Crippen MR) is 156 cm³/mol. The van der Waals surface area contributed by atoms with Crippen LogP contribution in [-0.4, -0.2) is 19.9 Å². The number of hydrogen-bond acceptors (Lipinski definition) is 5. The van der Waals surface area contributed by atoms with Crippen LogP contribution in [0.4, 0.5) is 0 Å². The molecular formula is C34H20N4O. The Kier molecular flexibility index (Phi) is 4.76. The van der Waals surface area contributed by atoms with Crippen molar-refractivity contribution in [2.75, 3.05) is 0 Å². The van der Waals surface area contributed by atoms with E-state index in [1.807, 2.05) is 97.2 Å². The van der Waals surface area contributed by atoms with E-state index >= 15 is 0 Å². The molecular weight excluding hydrogens is 480 g/mol. The lowest BCUT2D eigenvalue weighted by Crippen LogP contribution is -1.96. The summed E-state index contributed by atoms with van der Waals surface area (Å²) >= 11 is 0. The molecule has 5 heteroatoms. The Morgan fingerprint density at radius 3 is 2.10 bits per heavy atom. The van der Waals surface area contributed by atoms with Gasteiger partial charge >= 0.3 is 0 Å². The second-order valence-electron chi connectivity index (χ2n) is 9.49. The van der Waals surface area contributed by atoms with Crippen molar-refractivity contribution in [2.45, 2.75) is 0 Å². The van der Waals surface area contributed by atoms with Gasteiger partial charge in [0.1, 0.15) is 16.8 Å². The predicted octanol–water partition coefficient (Wildman–Crippen LogP) is 8.47. The number of pyridine rings is 2. The van der Waals surface area contributed by atoms with Gasteiger partial charge in [0.2, 0.25) is 0 Å². The van der Waals surface area contributed by atoms with Crippen LogP contribution < -0.4 is 0 Å². The number of para-hydroxylation sites is 2. The van der Waals surface area contributed by atoms with Gasteiger partial charge in [-0.05, 0) is 35.7 Å². The van der Waals surface area contributed by atoms with Gasteiger partial charge in [-0.1, -0.05) is 84.9 Å². The smallest absolute Gasteiger partial charge is 0.180 e. The summed E-state index contributed by atoms with van der Waals surface area (Å²) < 4.78 is 6.34. The Balaban J connectivity index is 1.40. The number of nitrogens with zero attached hydrogens (tertiary/aromatic N) is 4. The second-order valence-corrected chi connectivity index (χ2v) is 9.49. The summed E-state index contributed by atoms with van der Waals surface area (Å²) in [6.07, 6.45) is 1.81. The molecule has 0 N–H and O–H groups in total. The monoisotopic (exact) mass is 500 g/mol. The summed E-state index contributed by atoms with van der Waals surface area (Å²) in [4.78, 5) is 19.8. The van der Waals surface area contributed by atoms with Gasteiger partial charge in [0, 0.05) is 33.5 Å². The number of fused-ring (bicyclic) bond motifs is 6. The highest BCUT2D eigenvalue weighted by Crippen LogP contribution is 2.37. The number of aromatic nitrogens is 4. The molecule has 0 spiro atoms. The van der Waals surface area contributed by atoms with Crippen LogP contribution in [0.3, 0.4) is 0 Å². The van der Waals surface area contributed by atoms with E-state index in [1.54, 1.807) is 0 Å². The van der Waals surface area contributed by atoms with E-state index in [9.17, 15) is 0 Å². The maximum Gasteiger partial charge on any atom is 0.180 e. The molecule has 0 saturated heterocycles. The Labute approximate surface area is 223 Å². The standard InChI is InChI=1S/C34H20N4O/c1-2-10-21(11-3-1)34-37-30(33-32(38-34)26-15-7-9-17-29(26)39-33)22-18-19-35-28(20-22)31-25-14-5-4-12-23(25)24-13-6-8-16-27(24)36-31/h1-20H. The summed E-state index contributed by atoms with van der Waals surface area (Å²) in [5, 5.41) is 4.30. The van der Waals surface area contributed by atoms with Crippen molar-refractivity contribution in [3.05, 3.63) is 121 Å². The fourth-order valence-corrected chi connectivity index (χ4v) is 5.31. The average Bonchev–Trinajstić information content (AvgIpc) is 3.39. The number of hydrogen-bond donors (Lipinski definition) is 0. The number of benzene rings is 4. The zero-order valence-electron chi connectivity index (χ0n) is 20.7. The van der Waals surface area contributed by atoms with Crippen LogP contribution in [0.15, 0.2) is 126 Å². The van der Waals surface area contributed by atoms with Crippen LogP contribution >= 0.6 is 0 Å². The summed E-state index contributed by atoms with van der Waals surface area (Å²) in [6, 6.07) is 38.6. The van der Waals surface area contributed by atoms with E-state index in [1.165, 1.54) is 0 Å². The minimum absolute atomic E-state index is 0.650. The fraction of sp³-hybridized carbons (Fsp3) is 0. The van der Waals surface area contributed by atoms with Crippen LogP contribution in [0.1, 0.15) is 0 Å². The molecule has 0 fully saturated rings. The molecule has 182 valence electrons. The van der Waals surface area contributed by atoms with Crippen molar-refractivity contribution >= 4 is 43.7 Å². The van der Waals surface area contributed by atoms with Crippen molar-refractivity contribution in [3.63, 3.8) is 0 Å². The first-order valence-corrected chi connectivity index (χ1v) is 12.8. The maximum atomic E-state index is 6.34. The maximum absolute atomic E-state index is 6.34. The van der Waals surface area contributed by atoms with Crippen molar-refractivity contribution in [1.82, 2.24) is 19.9 Å². The third kappa shape index (κ3) is 3.48. The molecule has 0 saturated carbocycles. The molecule has 5 nitrogen and oxygen atoms in total. The minimum atomic E-state index is 0.650. The molecule has 0 unspecified atom stereocenters. The summed E-state index contributed by atoms with van der Waals surface area (Å²) in [5.74, 6) is 0.650. The highest BCUT2D eigenvalue weighted by atomic mass is 16.3. The van der Waals surface area contributed by atoms with E-state index in [0.717, 1.165) is 66.4 Å². The first kappa shape index (κ1) is 21.6. The van der Waals surface area contributed by atoms with Crippen LogP contribution in [0.25, 0.3) is 77.8 Å². The Bertz CT molecular complexity index is 2180. The van der Waals surface area contributed by atoms with Crippen molar-refractivity contribution < 1.29 is 4.42 Å². The topological polar surface area (TPSA) is 64.7 Å². The van der Waals surface area contributed by atoms with E-state index in [2.05, 4.69) is 24.3 Å². The molecule has 4 aromatic heterocycles. The van der Waals surface area contributed by atoms with Crippen LogP contribution in [0, 0.1) is 0 Å². The highest BCUT2D eigenvalue weighted by Gasteiger charge is 2.19. The lowest BCUT2D eigenvalue weighted by molar-refractivity contribution is 0.667. The lowest BCUT2D eigenvalue weighted by atomic mass is 10.0. The molecule has 0 aliphatic carbocycles. The van der Waals surface area contributed by atoms with E-state index in [0.29, 0.717) is 11.4 Å². The Morgan fingerprint density at radius 2 is 1.23 bits per heavy atom. The Morgan fingerprint density at radius 1 is 0.513 bits per heavy atom. The first-order valence-electron chi connectivity index (χ1n) is 12.8. The molecule has 0 aliphatic rings. The van der Waals surface area contributed by atoms with Crippen molar-refractivity contribution in [3.8, 4) is 34.0 Å². The molecule has 0 radical (unpaired) electrons. The second kappa shape index (κ2) is 8.57. The van der Waals surface area contributed by atoms with E-state index in [-0.39, 0.29) is 0 Å². The highest BCUT2D eigenvalue weighted by molar-refractivity contribution is 6.11. The van der Waals surface area contributed by atoms with Gasteiger partial charge in [-0.3, -0.25) is 4.98 Å². The average molecular weight is 501 g/mol. The van der Waals surface area contributed by atoms with Crippen LogP contribution in [0.2, 0.25) is 0 Å². The molecule has 0 aliphatic heterocycles. The molecule has 0 amide bonds. The van der Waals surface area contributed by atoms with E-state index in [4.69, 9.17) is 24.4 Å².